The maximum absolute atomic E-state index is 13.0. The molecule has 1 aliphatic heterocycles. The number of nitrogens with zero attached hydrogens (tertiary/aromatic N) is 1. The number of amides is 1. The fourth-order valence-electron chi connectivity index (χ4n) is 3.63. The van der Waals surface area contributed by atoms with Gasteiger partial charge in [0.2, 0.25) is 5.91 Å². The van der Waals surface area contributed by atoms with Crippen molar-refractivity contribution < 1.29 is 9.53 Å². The van der Waals surface area contributed by atoms with Crippen LogP contribution in [0.3, 0.4) is 0 Å². The molecule has 0 radical (unpaired) electrons. The van der Waals surface area contributed by atoms with E-state index in [1.807, 2.05) is 11.8 Å². The van der Waals surface area contributed by atoms with Crippen molar-refractivity contribution in [2.24, 2.45) is 11.1 Å². The van der Waals surface area contributed by atoms with E-state index >= 15 is 0 Å². The number of carbonyl (C=O) groups excluding carboxylic acids is 1. The molecular weight excluding hydrogens is 252 g/mol. The van der Waals surface area contributed by atoms with E-state index in [1.165, 1.54) is 12.8 Å². The van der Waals surface area contributed by atoms with Gasteiger partial charge in [-0.15, -0.1) is 0 Å². The first-order valence-corrected chi connectivity index (χ1v) is 8.06. The topological polar surface area (TPSA) is 55.6 Å². The van der Waals surface area contributed by atoms with E-state index in [4.69, 9.17) is 10.5 Å². The summed E-state index contributed by atoms with van der Waals surface area (Å²) in [5.41, 5.74) is 5.47. The lowest BCUT2D eigenvalue weighted by Gasteiger charge is -2.59. The van der Waals surface area contributed by atoms with Gasteiger partial charge in [0.15, 0.2) is 0 Å². The van der Waals surface area contributed by atoms with Crippen LogP contribution in [-0.2, 0) is 9.53 Å². The van der Waals surface area contributed by atoms with Crippen molar-refractivity contribution in [3.8, 4) is 0 Å². The zero-order valence-corrected chi connectivity index (χ0v) is 13.4. The van der Waals surface area contributed by atoms with E-state index in [9.17, 15) is 4.79 Å². The molecule has 3 atom stereocenters. The van der Waals surface area contributed by atoms with Gasteiger partial charge in [-0.05, 0) is 26.7 Å². The second kappa shape index (κ2) is 5.64. The van der Waals surface area contributed by atoms with E-state index in [0.29, 0.717) is 19.1 Å². The van der Waals surface area contributed by atoms with Gasteiger partial charge in [0.25, 0.3) is 0 Å². The number of hydrogen-bond donors (Lipinski definition) is 1. The molecule has 4 heteroatoms. The van der Waals surface area contributed by atoms with E-state index in [-0.39, 0.29) is 17.4 Å². The second-order valence-corrected chi connectivity index (χ2v) is 7.04. The Hall–Kier alpha value is -0.610. The molecule has 1 aliphatic carbocycles. The number of nitrogens with two attached hydrogens (primary N) is 1. The molecule has 2 N–H and O–H groups in total. The molecule has 1 amide bonds. The van der Waals surface area contributed by atoms with Crippen LogP contribution in [0.25, 0.3) is 0 Å². The average molecular weight is 282 g/mol. The van der Waals surface area contributed by atoms with Crippen LogP contribution in [-0.4, -0.2) is 41.6 Å². The largest absolute Gasteiger partial charge is 0.378 e. The van der Waals surface area contributed by atoms with Crippen LogP contribution >= 0.6 is 0 Å². The molecule has 116 valence electrons. The minimum absolute atomic E-state index is 0.101. The lowest BCUT2D eigenvalue weighted by molar-refractivity contribution is -0.180. The van der Waals surface area contributed by atoms with E-state index in [1.54, 1.807) is 0 Å². The highest BCUT2D eigenvalue weighted by Gasteiger charge is 2.63. The van der Waals surface area contributed by atoms with Crippen molar-refractivity contribution in [1.82, 2.24) is 4.90 Å². The molecule has 1 heterocycles. The van der Waals surface area contributed by atoms with E-state index < -0.39 is 5.54 Å². The zero-order valence-electron chi connectivity index (χ0n) is 13.4. The molecule has 0 bridgehead atoms. The van der Waals surface area contributed by atoms with Crippen LogP contribution in [0.15, 0.2) is 0 Å². The molecule has 1 saturated heterocycles. The summed E-state index contributed by atoms with van der Waals surface area (Å²) < 4.78 is 5.73. The molecule has 0 aromatic heterocycles. The normalized spacial score (nSPS) is 37.1. The highest BCUT2D eigenvalue weighted by Crippen LogP contribution is 2.50. The van der Waals surface area contributed by atoms with Crippen LogP contribution in [0.4, 0.5) is 0 Å². The molecule has 2 rings (SSSR count). The summed E-state index contributed by atoms with van der Waals surface area (Å²) in [6, 6.07) is 0.312. The summed E-state index contributed by atoms with van der Waals surface area (Å²) >= 11 is 0. The van der Waals surface area contributed by atoms with Crippen LogP contribution in [0.1, 0.15) is 59.8 Å². The molecular formula is C16H30N2O2. The van der Waals surface area contributed by atoms with E-state index in [0.717, 1.165) is 19.4 Å². The van der Waals surface area contributed by atoms with Crippen molar-refractivity contribution in [1.29, 1.82) is 0 Å². The van der Waals surface area contributed by atoms with Crippen molar-refractivity contribution in [2.75, 3.05) is 13.2 Å². The Morgan fingerprint density at radius 3 is 2.65 bits per heavy atom. The molecule has 0 aromatic carbocycles. The molecule has 0 aromatic rings. The first kappa shape index (κ1) is 15.8. The molecule has 20 heavy (non-hydrogen) atoms. The third kappa shape index (κ3) is 2.37. The van der Waals surface area contributed by atoms with Crippen molar-refractivity contribution in [2.45, 2.75) is 77.5 Å². The first-order valence-electron chi connectivity index (χ1n) is 8.06. The number of ether oxygens (including phenoxy) is 1. The van der Waals surface area contributed by atoms with Crippen LogP contribution < -0.4 is 5.73 Å². The van der Waals surface area contributed by atoms with Gasteiger partial charge in [-0.1, -0.05) is 26.7 Å². The summed E-state index contributed by atoms with van der Waals surface area (Å²) in [7, 11) is 0. The summed E-state index contributed by atoms with van der Waals surface area (Å²) in [5.74, 6) is 0.132. The Bertz CT molecular complexity index is 369. The summed E-state index contributed by atoms with van der Waals surface area (Å²) in [6.07, 6.45) is 5.38. The van der Waals surface area contributed by atoms with Crippen LogP contribution in [0.5, 0.6) is 0 Å². The van der Waals surface area contributed by atoms with Crippen LogP contribution in [0.2, 0.25) is 0 Å². The molecule has 4 nitrogen and oxygen atoms in total. The SMILES string of the molecule is CCOC1CC(N)(C(=O)N2CCCCCC2C)C1(C)C. The summed E-state index contributed by atoms with van der Waals surface area (Å²) in [4.78, 5) is 15.0. The summed E-state index contributed by atoms with van der Waals surface area (Å²) in [6.45, 7) is 9.81. The van der Waals surface area contributed by atoms with Crippen molar-refractivity contribution in [3.63, 3.8) is 0 Å². The molecule has 2 fully saturated rings. The standard InChI is InChI=1S/C16H30N2O2/c1-5-20-13-11-16(17,15(13,3)4)14(19)18-10-8-6-7-9-12(18)2/h12-13H,5-11,17H2,1-4H3. The monoisotopic (exact) mass is 282 g/mol. The Morgan fingerprint density at radius 1 is 1.35 bits per heavy atom. The zero-order chi connectivity index (χ0) is 15.0. The molecule has 3 unspecified atom stereocenters. The van der Waals surface area contributed by atoms with Gasteiger partial charge >= 0.3 is 0 Å². The Kier molecular flexibility index (Phi) is 4.45. The van der Waals surface area contributed by atoms with Gasteiger partial charge in [0.05, 0.1) is 6.10 Å². The van der Waals surface area contributed by atoms with Gasteiger partial charge in [0.1, 0.15) is 5.54 Å². The fraction of sp³-hybridized carbons (Fsp3) is 0.938. The Morgan fingerprint density at radius 2 is 2.05 bits per heavy atom. The lowest BCUT2D eigenvalue weighted by Crippen LogP contribution is -2.76. The quantitative estimate of drug-likeness (QED) is 0.864. The number of rotatable bonds is 3. The second-order valence-electron chi connectivity index (χ2n) is 7.04. The number of carbonyl (C=O) groups is 1. The van der Waals surface area contributed by atoms with Gasteiger partial charge in [0, 0.05) is 31.0 Å². The third-order valence-electron chi connectivity index (χ3n) is 5.53. The highest BCUT2D eigenvalue weighted by atomic mass is 16.5. The predicted molar refractivity (Wildman–Crippen MR) is 80.4 cm³/mol. The maximum Gasteiger partial charge on any atom is 0.243 e. The minimum Gasteiger partial charge on any atom is -0.378 e. The lowest BCUT2D eigenvalue weighted by atomic mass is 9.54. The Labute approximate surface area is 123 Å². The number of likely N-dealkylation sites (tertiary alicyclic amines) is 1. The molecule has 1 saturated carbocycles. The van der Waals surface area contributed by atoms with Crippen molar-refractivity contribution in [3.05, 3.63) is 0 Å². The maximum atomic E-state index is 13.0. The Balaban J connectivity index is 2.12. The number of hydrogen-bond acceptors (Lipinski definition) is 3. The van der Waals surface area contributed by atoms with Gasteiger partial charge < -0.3 is 15.4 Å². The molecule has 2 aliphatic rings. The van der Waals surface area contributed by atoms with Gasteiger partial charge in [-0.25, -0.2) is 0 Å². The first-order chi connectivity index (χ1) is 9.34. The average Bonchev–Trinajstić information content (AvgIpc) is 2.62. The van der Waals surface area contributed by atoms with Crippen LogP contribution in [0, 0.1) is 5.41 Å². The van der Waals surface area contributed by atoms with Gasteiger partial charge in [-0.3, -0.25) is 4.79 Å². The fourth-order valence-corrected chi connectivity index (χ4v) is 3.63. The minimum atomic E-state index is -0.758. The van der Waals surface area contributed by atoms with Crippen molar-refractivity contribution >= 4 is 5.91 Å². The third-order valence-corrected chi connectivity index (χ3v) is 5.53. The summed E-state index contributed by atoms with van der Waals surface area (Å²) in [5, 5.41) is 0. The highest BCUT2D eigenvalue weighted by molar-refractivity contribution is 5.89. The van der Waals surface area contributed by atoms with Gasteiger partial charge in [-0.2, -0.15) is 0 Å². The van der Waals surface area contributed by atoms with E-state index in [2.05, 4.69) is 20.8 Å². The predicted octanol–water partition coefficient (Wildman–Crippen LogP) is 2.31. The molecule has 0 spiro atoms. The smallest absolute Gasteiger partial charge is 0.243 e.